The lowest BCUT2D eigenvalue weighted by molar-refractivity contribution is 0.0941. The predicted molar refractivity (Wildman–Crippen MR) is 99.7 cm³/mol. The van der Waals surface area contributed by atoms with Gasteiger partial charge < -0.3 is 10.6 Å². The fraction of sp³-hybridized carbons (Fsp3) is 0.278. The van der Waals surface area contributed by atoms with Gasteiger partial charge in [0.2, 0.25) is 0 Å². The largest absolute Gasteiger partial charge is 0.381 e. The molecule has 1 aliphatic heterocycles. The molecule has 0 aliphatic carbocycles. The molecule has 1 fully saturated rings. The number of benzene rings is 2. The first kappa shape index (κ1) is 17.8. The summed E-state index contributed by atoms with van der Waals surface area (Å²) in [5, 5.41) is 6.72. The lowest BCUT2D eigenvalue weighted by Crippen LogP contribution is -2.35. The van der Waals surface area contributed by atoms with Crippen LogP contribution in [0.2, 0.25) is 5.02 Å². The van der Waals surface area contributed by atoms with Crippen molar-refractivity contribution >= 4 is 33.0 Å². The van der Waals surface area contributed by atoms with E-state index in [1.54, 1.807) is 18.2 Å². The highest BCUT2D eigenvalue weighted by atomic mass is 35.5. The second-order valence-electron chi connectivity index (χ2n) is 6.10. The smallest absolute Gasteiger partial charge is 0.251 e. The summed E-state index contributed by atoms with van der Waals surface area (Å²) >= 11 is 6.14. The molecule has 1 saturated heterocycles. The molecule has 2 aromatic rings. The Morgan fingerprint density at radius 2 is 1.96 bits per heavy atom. The lowest BCUT2D eigenvalue weighted by Gasteiger charge is -2.12. The second kappa shape index (κ2) is 7.45. The van der Waals surface area contributed by atoms with Crippen molar-refractivity contribution < 1.29 is 13.2 Å². The Bertz CT molecular complexity index is 883. The maximum absolute atomic E-state index is 12.3. The average Bonchev–Trinajstić information content (AvgIpc) is 2.93. The van der Waals surface area contributed by atoms with Crippen LogP contribution in [0.15, 0.2) is 48.5 Å². The third kappa shape index (κ3) is 4.74. The van der Waals surface area contributed by atoms with Gasteiger partial charge in [-0.25, -0.2) is 8.42 Å². The van der Waals surface area contributed by atoms with E-state index in [4.69, 9.17) is 11.6 Å². The molecule has 2 aromatic carbocycles. The number of hydrogen-bond donors (Lipinski definition) is 2. The molecule has 1 heterocycles. The van der Waals surface area contributed by atoms with Gasteiger partial charge in [-0.3, -0.25) is 4.79 Å². The van der Waals surface area contributed by atoms with Gasteiger partial charge in [-0.15, -0.1) is 0 Å². The highest BCUT2D eigenvalue weighted by Gasteiger charge is 2.29. The molecular weight excluding hydrogens is 360 g/mol. The van der Waals surface area contributed by atoms with Crippen molar-refractivity contribution in [3.05, 3.63) is 64.7 Å². The van der Waals surface area contributed by atoms with Crippen molar-refractivity contribution in [3.8, 4) is 0 Å². The van der Waals surface area contributed by atoms with Gasteiger partial charge in [0.25, 0.3) is 5.91 Å². The highest BCUT2D eigenvalue weighted by Crippen LogP contribution is 2.18. The molecule has 7 heteroatoms. The first-order valence-corrected chi connectivity index (χ1v) is 10.2. The number of carbonyl (C=O) groups excluding carboxylic acids is 1. The Morgan fingerprint density at radius 1 is 1.16 bits per heavy atom. The summed E-state index contributed by atoms with van der Waals surface area (Å²) < 4.78 is 23.0. The van der Waals surface area contributed by atoms with Crippen LogP contribution >= 0.6 is 11.6 Å². The molecule has 0 saturated carbocycles. The molecule has 132 valence electrons. The molecule has 0 radical (unpaired) electrons. The predicted octanol–water partition coefficient (Wildman–Crippen LogP) is 2.87. The minimum absolute atomic E-state index is 0.0171. The molecule has 1 amide bonds. The summed E-state index contributed by atoms with van der Waals surface area (Å²) in [6.07, 6.45) is 0.471. The zero-order valence-electron chi connectivity index (χ0n) is 13.5. The third-order valence-corrected chi connectivity index (χ3v) is 6.27. The van der Waals surface area contributed by atoms with Crippen molar-refractivity contribution in [2.24, 2.45) is 0 Å². The number of anilines is 1. The van der Waals surface area contributed by atoms with Crippen LogP contribution in [0.1, 0.15) is 22.3 Å². The standard InChI is InChI=1S/C18H19ClN2O3S/c19-17-7-2-1-4-14(17)11-20-15-6-3-5-13(10-15)18(22)21-16-8-9-25(23,24)12-16/h1-7,10,16,20H,8-9,11-12H2,(H,21,22)/t16-/m1/s1. The van der Waals surface area contributed by atoms with Gasteiger partial charge in [-0.2, -0.15) is 0 Å². The van der Waals surface area contributed by atoms with Crippen molar-refractivity contribution in [3.63, 3.8) is 0 Å². The zero-order valence-corrected chi connectivity index (χ0v) is 15.1. The summed E-state index contributed by atoms with van der Waals surface area (Å²) in [6.45, 7) is 0.547. The van der Waals surface area contributed by atoms with Crippen LogP contribution < -0.4 is 10.6 Å². The number of carbonyl (C=O) groups is 1. The van der Waals surface area contributed by atoms with Crippen LogP contribution in [0.3, 0.4) is 0 Å². The first-order chi connectivity index (χ1) is 11.9. The van der Waals surface area contributed by atoms with Gasteiger partial charge in [-0.05, 0) is 36.2 Å². The average molecular weight is 379 g/mol. The summed E-state index contributed by atoms with van der Waals surface area (Å²) in [5.41, 5.74) is 2.26. The fourth-order valence-electron chi connectivity index (χ4n) is 2.79. The first-order valence-electron chi connectivity index (χ1n) is 8.01. The fourth-order valence-corrected chi connectivity index (χ4v) is 4.66. The minimum atomic E-state index is -3.01. The molecule has 0 bridgehead atoms. The number of rotatable bonds is 5. The van der Waals surface area contributed by atoms with Crippen molar-refractivity contribution in [2.75, 3.05) is 16.8 Å². The Kier molecular flexibility index (Phi) is 5.30. The van der Waals surface area contributed by atoms with Gasteiger partial charge >= 0.3 is 0 Å². The molecule has 0 spiro atoms. The van der Waals surface area contributed by atoms with E-state index in [-0.39, 0.29) is 23.5 Å². The monoisotopic (exact) mass is 378 g/mol. The Labute approximate surface area is 152 Å². The summed E-state index contributed by atoms with van der Waals surface area (Å²) in [4.78, 5) is 12.3. The summed E-state index contributed by atoms with van der Waals surface area (Å²) in [7, 11) is -3.01. The highest BCUT2D eigenvalue weighted by molar-refractivity contribution is 7.91. The number of nitrogens with one attached hydrogen (secondary N) is 2. The Hall–Kier alpha value is -2.05. The van der Waals surface area contributed by atoms with Crippen molar-refractivity contribution in [1.29, 1.82) is 0 Å². The van der Waals surface area contributed by atoms with E-state index in [1.165, 1.54) is 0 Å². The van der Waals surface area contributed by atoms with E-state index in [1.807, 2.05) is 30.3 Å². The summed E-state index contributed by atoms with van der Waals surface area (Å²) in [6, 6.07) is 14.4. The van der Waals surface area contributed by atoms with Gasteiger partial charge in [-0.1, -0.05) is 35.9 Å². The molecule has 1 aliphatic rings. The van der Waals surface area contributed by atoms with Crippen LogP contribution in [-0.4, -0.2) is 31.9 Å². The van der Waals surface area contributed by atoms with Gasteiger partial charge in [0.15, 0.2) is 9.84 Å². The zero-order chi connectivity index (χ0) is 17.9. The summed E-state index contributed by atoms with van der Waals surface area (Å²) in [5.74, 6) is -0.107. The number of hydrogen-bond acceptors (Lipinski definition) is 4. The van der Waals surface area contributed by atoms with Crippen LogP contribution in [-0.2, 0) is 16.4 Å². The second-order valence-corrected chi connectivity index (χ2v) is 8.74. The number of sulfone groups is 1. The van der Waals surface area contributed by atoms with Gasteiger partial charge in [0.05, 0.1) is 11.5 Å². The third-order valence-electron chi connectivity index (χ3n) is 4.13. The maximum atomic E-state index is 12.3. The van der Waals surface area contributed by atoms with Crippen LogP contribution in [0.4, 0.5) is 5.69 Å². The number of halogens is 1. The molecule has 1 atom stereocenters. The molecular formula is C18H19ClN2O3S. The van der Waals surface area contributed by atoms with Gasteiger partial charge in [0, 0.05) is 28.9 Å². The minimum Gasteiger partial charge on any atom is -0.381 e. The lowest BCUT2D eigenvalue weighted by atomic mass is 10.1. The van der Waals surface area contributed by atoms with E-state index in [2.05, 4.69) is 10.6 Å². The van der Waals surface area contributed by atoms with Gasteiger partial charge in [0.1, 0.15) is 0 Å². The van der Waals surface area contributed by atoms with Crippen LogP contribution in [0, 0.1) is 0 Å². The molecule has 0 aromatic heterocycles. The van der Waals surface area contributed by atoms with E-state index >= 15 is 0 Å². The molecule has 5 nitrogen and oxygen atoms in total. The van der Waals surface area contributed by atoms with E-state index in [9.17, 15) is 13.2 Å². The number of amides is 1. The quantitative estimate of drug-likeness (QED) is 0.838. The van der Waals surface area contributed by atoms with E-state index in [0.29, 0.717) is 23.6 Å². The normalized spacial score (nSPS) is 18.7. The Morgan fingerprint density at radius 3 is 2.68 bits per heavy atom. The van der Waals surface area contributed by atoms with Crippen molar-refractivity contribution in [2.45, 2.75) is 19.0 Å². The van der Waals surface area contributed by atoms with Crippen LogP contribution in [0.5, 0.6) is 0 Å². The van der Waals surface area contributed by atoms with E-state index in [0.717, 1.165) is 11.3 Å². The van der Waals surface area contributed by atoms with E-state index < -0.39 is 9.84 Å². The van der Waals surface area contributed by atoms with Crippen LogP contribution in [0.25, 0.3) is 0 Å². The molecule has 3 rings (SSSR count). The SMILES string of the molecule is O=C(N[C@@H]1CCS(=O)(=O)C1)c1cccc(NCc2ccccc2Cl)c1. The molecule has 2 N–H and O–H groups in total. The maximum Gasteiger partial charge on any atom is 0.251 e. The molecule has 25 heavy (non-hydrogen) atoms. The molecule has 0 unspecified atom stereocenters. The Balaban J connectivity index is 1.63. The van der Waals surface area contributed by atoms with Crippen molar-refractivity contribution in [1.82, 2.24) is 5.32 Å². The topological polar surface area (TPSA) is 75.3 Å².